The van der Waals surface area contributed by atoms with E-state index in [-0.39, 0.29) is 53.5 Å². The number of Topliss-reactive ketones (excluding diaryl/α,β-unsaturated/α-hetero) is 1. The molecule has 0 saturated carbocycles. The molecule has 9 heteroatoms. The number of hydrogen-bond acceptors (Lipinski definition) is 5. The summed E-state index contributed by atoms with van der Waals surface area (Å²) in [5.74, 6) is 4.62. The topological polar surface area (TPSA) is 102 Å². The predicted octanol–water partition coefficient (Wildman–Crippen LogP) is 5.47. The lowest BCUT2D eigenvalue weighted by molar-refractivity contribution is 0.0696. The standard InChI is InChI=1S/C27H26Cl2N2O5/c1-17(18-4-6-19(7-5-18)25(33)34)16-23(32)24-22(12-13-27(2,3)35)30-26(29)31(24)14-15-36-21-10-8-20(28)9-11-21/h4-11,17,35H,14-16H2,1-3H3,(H,33,34)/t17-/m1/s1. The normalized spacial score (nSPS) is 11.9. The lowest BCUT2D eigenvalue weighted by Crippen LogP contribution is -2.17. The largest absolute Gasteiger partial charge is 0.492 e. The SMILES string of the molecule is C[C@H](CC(=O)c1c(C#CC(C)(C)O)nc(Cl)n1CCOc1ccc(Cl)cc1)c1ccc(C(=O)O)cc1. The third kappa shape index (κ3) is 7.34. The number of aromatic nitrogens is 2. The van der Waals surface area contributed by atoms with Crippen LogP contribution in [0.1, 0.15) is 65.2 Å². The number of ketones is 1. The van der Waals surface area contributed by atoms with E-state index in [1.807, 2.05) is 6.92 Å². The quantitative estimate of drug-likeness (QED) is 0.282. The number of halogens is 2. The lowest BCUT2D eigenvalue weighted by Gasteiger charge is -2.14. The minimum absolute atomic E-state index is 0.0802. The number of carboxylic acids is 1. The number of ether oxygens (including phenoxy) is 1. The van der Waals surface area contributed by atoms with Crippen molar-refractivity contribution >= 4 is 35.0 Å². The van der Waals surface area contributed by atoms with Gasteiger partial charge in [0.1, 0.15) is 29.3 Å². The summed E-state index contributed by atoms with van der Waals surface area (Å²) >= 11 is 12.3. The van der Waals surface area contributed by atoms with E-state index in [0.717, 1.165) is 5.56 Å². The molecule has 7 nitrogen and oxygen atoms in total. The first-order valence-electron chi connectivity index (χ1n) is 11.2. The van der Waals surface area contributed by atoms with Crippen molar-refractivity contribution < 1.29 is 24.5 Å². The van der Waals surface area contributed by atoms with E-state index in [0.29, 0.717) is 10.8 Å². The number of aliphatic hydroxyl groups is 1. The Bertz CT molecular complexity index is 1300. The van der Waals surface area contributed by atoms with Crippen LogP contribution in [0.25, 0.3) is 0 Å². The van der Waals surface area contributed by atoms with Gasteiger partial charge in [0, 0.05) is 11.4 Å². The summed E-state index contributed by atoms with van der Waals surface area (Å²) in [6, 6.07) is 13.3. The number of hydrogen-bond donors (Lipinski definition) is 2. The Hall–Kier alpha value is -3.31. The van der Waals surface area contributed by atoms with Gasteiger partial charge in [-0.1, -0.05) is 36.6 Å². The molecule has 0 aliphatic heterocycles. The highest BCUT2D eigenvalue weighted by molar-refractivity contribution is 6.30. The van der Waals surface area contributed by atoms with Crippen LogP contribution in [-0.2, 0) is 6.54 Å². The summed E-state index contributed by atoms with van der Waals surface area (Å²) in [5, 5.41) is 19.8. The zero-order valence-corrected chi connectivity index (χ0v) is 21.6. The second kappa shape index (κ2) is 11.6. The molecule has 1 atom stereocenters. The molecule has 3 rings (SSSR count). The Morgan fingerprint density at radius 1 is 1.11 bits per heavy atom. The molecule has 36 heavy (non-hydrogen) atoms. The van der Waals surface area contributed by atoms with Crippen molar-refractivity contribution in [3.05, 3.63) is 81.4 Å². The Morgan fingerprint density at radius 3 is 2.33 bits per heavy atom. The number of carbonyl (C=O) groups excluding carboxylic acids is 1. The van der Waals surface area contributed by atoms with Crippen LogP contribution in [0, 0.1) is 11.8 Å². The number of nitrogens with zero attached hydrogens (tertiary/aromatic N) is 2. The Balaban J connectivity index is 1.85. The lowest BCUT2D eigenvalue weighted by atomic mass is 9.93. The van der Waals surface area contributed by atoms with Crippen LogP contribution < -0.4 is 4.74 Å². The number of benzene rings is 2. The highest BCUT2D eigenvalue weighted by Gasteiger charge is 2.24. The van der Waals surface area contributed by atoms with E-state index < -0.39 is 11.6 Å². The molecule has 0 saturated heterocycles. The van der Waals surface area contributed by atoms with Gasteiger partial charge >= 0.3 is 5.97 Å². The van der Waals surface area contributed by atoms with E-state index in [1.165, 1.54) is 26.0 Å². The molecular formula is C27H26Cl2N2O5. The monoisotopic (exact) mass is 528 g/mol. The highest BCUT2D eigenvalue weighted by Crippen LogP contribution is 2.25. The van der Waals surface area contributed by atoms with Crippen LogP contribution in [0.3, 0.4) is 0 Å². The smallest absolute Gasteiger partial charge is 0.335 e. The second-order valence-corrected chi connectivity index (χ2v) is 9.57. The molecule has 0 spiro atoms. The third-order valence-corrected chi connectivity index (χ3v) is 5.83. The maximum atomic E-state index is 13.5. The number of carbonyl (C=O) groups is 2. The van der Waals surface area contributed by atoms with Gasteiger partial charge in [-0.15, -0.1) is 0 Å². The number of carboxylic acid groups (broad SMARTS) is 1. The average molecular weight is 529 g/mol. The minimum atomic E-state index is -1.28. The van der Waals surface area contributed by atoms with Crippen molar-refractivity contribution in [3.63, 3.8) is 0 Å². The van der Waals surface area contributed by atoms with E-state index in [2.05, 4.69) is 16.8 Å². The zero-order valence-electron chi connectivity index (χ0n) is 20.1. The van der Waals surface area contributed by atoms with Crippen molar-refractivity contribution in [2.45, 2.75) is 45.3 Å². The number of aromatic carboxylic acids is 1. The summed E-state index contributed by atoms with van der Waals surface area (Å²) in [4.78, 5) is 28.8. The molecule has 0 aliphatic carbocycles. The molecule has 0 fully saturated rings. The molecule has 188 valence electrons. The van der Waals surface area contributed by atoms with Gasteiger partial charge in [-0.05, 0) is 79.2 Å². The van der Waals surface area contributed by atoms with Crippen molar-refractivity contribution in [1.29, 1.82) is 0 Å². The molecule has 0 bridgehead atoms. The van der Waals surface area contributed by atoms with Gasteiger partial charge in [0.2, 0.25) is 5.28 Å². The fraction of sp³-hybridized carbons (Fsp3) is 0.296. The summed E-state index contributed by atoms with van der Waals surface area (Å²) in [7, 11) is 0. The first-order valence-corrected chi connectivity index (χ1v) is 12.0. The van der Waals surface area contributed by atoms with Gasteiger partial charge in [-0.25, -0.2) is 9.78 Å². The number of rotatable bonds is 9. The average Bonchev–Trinajstić information content (AvgIpc) is 3.14. The van der Waals surface area contributed by atoms with Crippen LogP contribution in [0.5, 0.6) is 5.75 Å². The zero-order chi connectivity index (χ0) is 26.5. The second-order valence-electron chi connectivity index (χ2n) is 8.80. The van der Waals surface area contributed by atoms with Crippen molar-refractivity contribution in [1.82, 2.24) is 9.55 Å². The Labute approximate surface area is 219 Å². The summed E-state index contributed by atoms with van der Waals surface area (Å²) in [6.45, 7) is 5.39. The van der Waals surface area contributed by atoms with Crippen LogP contribution in [0.4, 0.5) is 0 Å². The van der Waals surface area contributed by atoms with E-state index in [4.69, 9.17) is 33.0 Å². The van der Waals surface area contributed by atoms with E-state index in [9.17, 15) is 14.7 Å². The molecule has 3 aromatic rings. The molecular weight excluding hydrogens is 503 g/mol. The van der Waals surface area contributed by atoms with Crippen LogP contribution in [-0.4, -0.2) is 43.7 Å². The molecule has 0 radical (unpaired) electrons. The van der Waals surface area contributed by atoms with Crippen molar-refractivity contribution in [3.8, 4) is 17.6 Å². The Kier molecular flexibility index (Phi) is 8.80. The maximum absolute atomic E-state index is 13.5. The van der Waals surface area contributed by atoms with Crippen LogP contribution >= 0.6 is 23.2 Å². The van der Waals surface area contributed by atoms with Gasteiger partial charge in [0.05, 0.1) is 12.1 Å². The highest BCUT2D eigenvalue weighted by atomic mass is 35.5. The molecule has 0 amide bonds. The van der Waals surface area contributed by atoms with Gasteiger partial charge in [-0.2, -0.15) is 0 Å². The Morgan fingerprint density at radius 2 is 1.75 bits per heavy atom. The summed E-state index contributed by atoms with van der Waals surface area (Å²) in [6.07, 6.45) is 0.115. The van der Waals surface area contributed by atoms with E-state index >= 15 is 0 Å². The number of imidazole rings is 1. The van der Waals surface area contributed by atoms with Crippen molar-refractivity contribution in [2.75, 3.05) is 6.61 Å². The molecule has 2 N–H and O–H groups in total. The molecule has 2 aromatic carbocycles. The van der Waals surface area contributed by atoms with Gasteiger partial charge in [0.25, 0.3) is 0 Å². The third-order valence-electron chi connectivity index (χ3n) is 5.29. The molecule has 0 aliphatic rings. The molecule has 1 aromatic heterocycles. The molecule has 0 unspecified atom stereocenters. The fourth-order valence-electron chi connectivity index (χ4n) is 3.44. The van der Waals surface area contributed by atoms with Crippen molar-refractivity contribution in [2.24, 2.45) is 0 Å². The first-order chi connectivity index (χ1) is 16.9. The summed E-state index contributed by atoms with van der Waals surface area (Å²) in [5.41, 5.74) is 0.109. The fourth-order valence-corrected chi connectivity index (χ4v) is 3.82. The van der Waals surface area contributed by atoms with Gasteiger partial charge in [-0.3, -0.25) is 4.79 Å². The van der Waals surface area contributed by atoms with Gasteiger partial charge < -0.3 is 19.5 Å². The van der Waals surface area contributed by atoms with Gasteiger partial charge in [0.15, 0.2) is 5.78 Å². The minimum Gasteiger partial charge on any atom is -0.492 e. The predicted molar refractivity (Wildman–Crippen MR) is 138 cm³/mol. The maximum Gasteiger partial charge on any atom is 0.335 e. The first kappa shape index (κ1) is 27.3. The van der Waals surface area contributed by atoms with Crippen LogP contribution in [0.15, 0.2) is 48.5 Å². The van der Waals surface area contributed by atoms with E-state index in [1.54, 1.807) is 41.0 Å². The molecule has 1 heterocycles. The summed E-state index contributed by atoms with van der Waals surface area (Å²) < 4.78 is 7.31. The van der Waals surface area contributed by atoms with Crippen LogP contribution in [0.2, 0.25) is 10.3 Å².